The fourth-order valence-electron chi connectivity index (χ4n) is 1.96. The summed E-state index contributed by atoms with van der Waals surface area (Å²) in [6.45, 7) is 0.692. The number of cyclic esters (lactones) is 1. The maximum Gasteiger partial charge on any atom is 0.410 e. The molecule has 1 saturated heterocycles. The van der Waals surface area contributed by atoms with Gasteiger partial charge in [-0.1, -0.05) is 6.07 Å². The normalized spacial score (nSPS) is 19.4. The molecule has 0 saturated carbocycles. The fourth-order valence-corrected chi connectivity index (χ4v) is 1.96. The first kappa shape index (κ1) is 12.5. The second kappa shape index (κ2) is 5.16. The number of carbonyl (C=O) groups is 1. The minimum Gasteiger partial charge on any atom is -0.493 e. The molecule has 1 fully saturated rings. The Morgan fingerprint density at radius 2 is 2.00 bits per heavy atom. The van der Waals surface area contributed by atoms with Crippen molar-refractivity contribution in [2.24, 2.45) is 0 Å². The van der Waals surface area contributed by atoms with Crippen LogP contribution in [0.25, 0.3) is 0 Å². The van der Waals surface area contributed by atoms with Crippen LogP contribution in [0.1, 0.15) is 18.1 Å². The number of methoxy groups -OCH3 is 2. The van der Waals surface area contributed by atoms with Gasteiger partial charge in [0.25, 0.3) is 0 Å². The predicted molar refractivity (Wildman–Crippen MR) is 66.0 cm³/mol. The van der Waals surface area contributed by atoms with Crippen LogP contribution in [0.15, 0.2) is 18.2 Å². The van der Waals surface area contributed by atoms with Gasteiger partial charge in [0.2, 0.25) is 0 Å². The monoisotopic (exact) mass is 251 g/mol. The molecule has 0 spiro atoms. The zero-order valence-electron chi connectivity index (χ0n) is 10.8. The van der Waals surface area contributed by atoms with E-state index in [1.54, 1.807) is 26.2 Å². The third kappa shape index (κ3) is 2.34. The van der Waals surface area contributed by atoms with Crippen molar-refractivity contribution in [1.29, 1.82) is 0 Å². The van der Waals surface area contributed by atoms with Crippen molar-refractivity contribution in [3.63, 3.8) is 0 Å². The smallest absolute Gasteiger partial charge is 0.410 e. The molecule has 2 rings (SSSR count). The SMILES string of the molecule is COc1ccc(C2CCN(C)C(=O)O2)cc1OC. The largest absolute Gasteiger partial charge is 0.493 e. The minimum absolute atomic E-state index is 0.214. The summed E-state index contributed by atoms with van der Waals surface area (Å²) in [5, 5.41) is 0. The van der Waals surface area contributed by atoms with E-state index in [9.17, 15) is 4.79 Å². The van der Waals surface area contributed by atoms with E-state index in [2.05, 4.69) is 0 Å². The number of rotatable bonds is 3. The molecule has 5 nitrogen and oxygen atoms in total. The van der Waals surface area contributed by atoms with Gasteiger partial charge in [-0.15, -0.1) is 0 Å². The molecule has 1 atom stereocenters. The molecule has 0 N–H and O–H groups in total. The van der Waals surface area contributed by atoms with Crippen molar-refractivity contribution in [3.8, 4) is 11.5 Å². The van der Waals surface area contributed by atoms with Gasteiger partial charge < -0.3 is 19.1 Å². The van der Waals surface area contributed by atoms with Crippen molar-refractivity contribution >= 4 is 6.09 Å². The molecule has 18 heavy (non-hydrogen) atoms. The van der Waals surface area contributed by atoms with Crippen LogP contribution >= 0.6 is 0 Å². The van der Waals surface area contributed by atoms with Crippen LogP contribution in [-0.2, 0) is 4.74 Å². The summed E-state index contributed by atoms with van der Waals surface area (Å²) in [5.41, 5.74) is 0.925. The highest BCUT2D eigenvalue weighted by atomic mass is 16.6. The van der Waals surface area contributed by atoms with E-state index in [1.807, 2.05) is 18.2 Å². The number of carbonyl (C=O) groups excluding carboxylic acids is 1. The molecular formula is C13H17NO4. The summed E-state index contributed by atoms with van der Waals surface area (Å²) in [7, 11) is 4.91. The summed E-state index contributed by atoms with van der Waals surface area (Å²) in [4.78, 5) is 13.1. The van der Waals surface area contributed by atoms with Gasteiger partial charge in [-0.25, -0.2) is 4.79 Å². The molecule has 5 heteroatoms. The molecule has 1 unspecified atom stereocenters. The van der Waals surface area contributed by atoms with Crippen LogP contribution in [0, 0.1) is 0 Å². The summed E-state index contributed by atoms with van der Waals surface area (Å²) in [5.74, 6) is 1.31. The first-order valence-electron chi connectivity index (χ1n) is 5.79. The average Bonchev–Trinajstić information content (AvgIpc) is 2.41. The molecule has 0 aliphatic carbocycles. The van der Waals surface area contributed by atoms with Crippen molar-refractivity contribution in [2.45, 2.75) is 12.5 Å². The van der Waals surface area contributed by atoms with Crippen molar-refractivity contribution in [3.05, 3.63) is 23.8 Å². The highest BCUT2D eigenvalue weighted by Gasteiger charge is 2.26. The average molecular weight is 251 g/mol. The van der Waals surface area contributed by atoms with E-state index in [1.165, 1.54) is 0 Å². The van der Waals surface area contributed by atoms with Gasteiger partial charge in [-0.05, 0) is 17.7 Å². The summed E-state index contributed by atoms with van der Waals surface area (Å²) in [6.07, 6.45) is 0.270. The highest BCUT2D eigenvalue weighted by Crippen LogP contribution is 2.33. The van der Waals surface area contributed by atoms with Gasteiger partial charge in [0.1, 0.15) is 6.10 Å². The van der Waals surface area contributed by atoms with Crippen molar-refractivity contribution in [1.82, 2.24) is 4.90 Å². The third-order valence-corrected chi connectivity index (χ3v) is 3.06. The Bertz CT molecular complexity index is 447. The second-order valence-electron chi connectivity index (χ2n) is 4.20. The van der Waals surface area contributed by atoms with Crippen LogP contribution in [0.4, 0.5) is 4.79 Å². The number of nitrogens with zero attached hydrogens (tertiary/aromatic N) is 1. The molecule has 1 amide bonds. The van der Waals surface area contributed by atoms with Crippen LogP contribution in [0.3, 0.4) is 0 Å². The zero-order valence-corrected chi connectivity index (χ0v) is 10.8. The number of hydrogen-bond donors (Lipinski definition) is 0. The second-order valence-corrected chi connectivity index (χ2v) is 4.20. The Kier molecular flexibility index (Phi) is 3.60. The van der Waals surface area contributed by atoms with Gasteiger partial charge >= 0.3 is 6.09 Å². The molecule has 1 aliphatic rings. The molecular weight excluding hydrogens is 234 g/mol. The van der Waals surface area contributed by atoms with Crippen molar-refractivity contribution in [2.75, 3.05) is 27.8 Å². The standard InChI is InChI=1S/C13H17NO4/c1-14-7-6-10(18-13(14)15)9-4-5-11(16-2)12(8-9)17-3/h4-5,8,10H,6-7H2,1-3H3. The number of ether oxygens (including phenoxy) is 3. The lowest BCUT2D eigenvalue weighted by Gasteiger charge is -2.29. The Labute approximate surface area is 106 Å². The van der Waals surface area contributed by atoms with Crippen molar-refractivity contribution < 1.29 is 19.0 Å². The van der Waals surface area contributed by atoms with E-state index >= 15 is 0 Å². The van der Waals surface area contributed by atoms with Gasteiger partial charge in [0, 0.05) is 20.0 Å². The summed E-state index contributed by atoms with van der Waals surface area (Å²) < 4.78 is 15.8. The predicted octanol–water partition coefficient (Wildman–Crippen LogP) is 2.22. The number of amides is 1. The molecule has 98 valence electrons. The van der Waals surface area contributed by atoms with E-state index < -0.39 is 0 Å². The quantitative estimate of drug-likeness (QED) is 0.826. The van der Waals surface area contributed by atoms with Crippen LogP contribution < -0.4 is 9.47 Å². The molecule has 1 aromatic rings. The lowest BCUT2D eigenvalue weighted by atomic mass is 10.0. The topological polar surface area (TPSA) is 48.0 Å². The summed E-state index contributed by atoms with van der Waals surface area (Å²) in [6, 6.07) is 5.56. The van der Waals surface area contributed by atoms with Gasteiger partial charge in [-0.2, -0.15) is 0 Å². The first-order valence-corrected chi connectivity index (χ1v) is 5.79. The lowest BCUT2D eigenvalue weighted by Crippen LogP contribution is -2.35. The molecule has 1 heterocycles. The van der Waals surface area contributed by atoms with Crippen LogP contribution in [0.5, 0.6) is 11.5 Å². The number of hydrogen-bond acceptors (Lipinski definition) is 4. The molecule has 0 aromatic heterocycles. The third-order valence-electron chi connectivity index (χ3n) is 3.06. The maximum absolute atomic E-state index is 11.5. The highest BCUT2D eigenvalue weighted by molar-refractivity contribution is 5.68. The Hall–Kier alpha value is -1.91. The van der Waals surface area contributed by atoms with Crippen LogP contribution in [-0.4, -0.2) is 38.8 Å². The maximum atomic E-state index is 11.5. The number of benzene rings is 1. The zero-order chi connectivity index (χ0) is 13.1. The minimum atomic E-state index is -0.291. The Morgan fingerprint density at radius 1 is 1.28 bits per heavy atom. The molecule has 0 bridgehead atoms. The molecule has 1 aromatic carbocycles. The van der Waals surface area contributed by atoms with E-state index in [0.717, 1.165) is 12.0 Å². The van der Waals surface area contributed by atoms with Gasteiger partial charge in [-0.3, -0.25) is 0 Å². The lowest BCUT2D eigenvalue weighted by molar-refractivity contribution is 0.0323. The van der Waals surface area contributed by atoms with Gasteiger partial charge in [0.05, 0.1) is 14.2 Å². The van der Waals surface area contributed by atoms with E-state index in [0.29, 0.717) is 18.0 Å². The first-order chi connectivity index (χ1) is 8.65. The van der Waals surface area contributed by atoms with E-state index in [4.69, 9.17) is 14.2 Å². The van der Waals surface area contributed by atoms with Crippen LogP contribution in [0.2, 0.25) is 0 Å². The van der Waals surface area contributed by atoms with E-state index in [-0.39, 0.29) is 12.2 Å². The Balaban J connectivity index is 2.21. The Morgan fingerprint density at radius 3 is 2.61 bits per heavy atom. The summed E-state index contributed by atoms with van der Waals surface area (Å²) >= 11 is 0. The molecule has 1 aliphatic heterocycles. The fraction of sp³-hybridized carbons (Fsp3) is 0.462. The molecule has 0 radical (unpaired) electrons. The van der Waals surface area contributed by atoms with Gasteiger partial charge in [0.15, 0.2) is 11.5 Å².